The molecule has 1 N–H and O–H groups in total. The van der Waals surface area contributed by atoms with Gasteiger partial charge in [0.25, 0.3) is 10.0 Å². The van der Waals surface area contributed by atoms with E-state index in [9.17, 15) is 18.0 Å². The molecule has 0 saturated heterocycles. The molecule has 2 amide bonds. The summed E-state index contributed by atoms with van der Waals surface area (Å²) in [7, 11) is -4.20. The van der Waals surface area contributed by atoms with Gasteiger partial charge < -0.3 is 10.2 Å². The fraction of sp³-hybridized carbons (Fsp3) is 0.278. The maximum atomic E-state index is 14.6. The Labute approximate surface area is 292 Å². The normalized spacial score (nSPS) is 12.3. The van der Waals surface area contributed by atoms with Crippen LogP contribution in [0, 0.1) is 6.92 Å². The van der Waals surface area contributed by atoms with Crippen molar-refractivity contribution in [1.29, 1.82) is 0 Å². The molecule has 0 fully saturated rings. The monoisotopic (exact) mass is 711 g/mol. The highest BCUT2D eigenvalue weighted by molar-refractivity contribution is 7.98. The fourth-order valence-electron chi connectivity index (χ4n) is 4.96. The highest BCUT2D eigenvalue weighted by Crippen LogP contribution is 2.28. The second kappa shape index (κ2) is 15.6. The molecule has 0 aliphatic heterocycles. The van der Waals surface area contributed by atoms with Gasteiger partial charge in [-0.25, -0.2) is 8.42 Å². The maximum absolute atomic E-state index is 14.6. The van der Waals surface area contributed by atoms with Crippen LogP contribution in [0.25, 0.3) is 0 Å². The molecule has 47 heavy (non-hydrogen) atoms. The smallest absolute Gasteiger partial charge is 0.264 e. The standard InChI is InChI=1S/C36H39Cl2N3O4S2/c1-25-11-14-28(15-12-25)41(47(44,45)30-18-16-29(46-5)17-19-30)24-34(42)40(23-27-13-20-31(37)32(38)21-27)33(35(43)39-36(2,3)4)22-26-9-7-6-8-10-26/h6-21,33H,22-24H2,1-5H3,(H,39,43)/t33-/m1/s1. The van der Waals surface area contributed by atoms with Crippen LogP contribution in [0.15, 0.2) is 107 Å². The molecule has 0 spiro atoms. The zero-order valence-corrected chi connectivity index (χ0v) is 30.2. The van der Waals surface area contributed by atoms with Crippen LogP contribution in [0.2, 0.25) is 10.0 Å². The Morgan fingerprint density at radius 3 is 2.06 bits per heavy atom. The summed E-state index contributed by atoms with van der Waals surface area (Å²) >= 11 is 14.1. The zero-order valence-electron chi connectivity index (χ0n) is 27.0. The van der Waals surface area contributed by atoms with E-state index in [-0.39, 0.29) is 23.8 Å². The number of halogens is 2. The molecule has 0 radical (unpaired) electrons. The zero-order chi connectivity index (χ0) is 34.4. The number of hydrogen-bond donors (Lipinski definition) is 1. The number of rotatable bonds is 12. The number of benzene rings is 4. The highest BCUT2D eigenvalue weighted by atomic mass is 35.5. The first-order chi connectivity index (χ1) is 22.2. The van der Waals surface area contributed by atoms with E-state index in [2.05, 4.69) is 5.32 Å². The van der Waals surface area contributed by atoms with Gasteiger partial charge in [0, 0.05) is 23.4 Å². The maximum Gasteiger partial charge on any atom is 0.264 e. The minimum absolute atomic E-state index is 0.0189. The summed E-state index contributed by atoms with van der Waals surface area (Å²) in [5, 5.41) is 3.68. The number of amides is 2. The van der Waals surface area contributed by atoms with Crippen molar-refractivity contribution >= 4 is 62.5 Å². The molecule has 0 unspecified atom stereocenters. The Morgan fingerprint density at radius 1 is 0.851 bits per heavy atom. The van der Waals surface area contributed by atoms with Gasteiger partial charge in [0.2, 0.25) is 11.8 Å². The van der Waals surface area contributed by atoms with Crippen molar-refractivity contribution in [2.24, 2.45) is 0 Å². The molecule has 0 heterocycles. The van der Waals surface area contributed by atoms with Crippen molar-refractivity contribution in [1.82, 2.24) is 10.2 Å². The number of anilines is 1. The Bertz CT molecular complexity index is 1800. The first-order valence-electron chi connectivity index (χ1n) is 15.0. The summed E-state index contributed by atoms with van der Waals surface area (Å²) in [6, 6.07) is 26.9. The summed E-state index contributed by atoms with van der Waals surface area (Å²) in [5.74, 6) is -0.932. The molecule has 4 aromatic carbocycles. The molecule has 4 aromatic rings. The number of carbonyl (C=O) groups is 2. The summed E-state index contributed by atoms with van der Waals surface area (Å²) in [5.41, 5.74) is 2.14. The summed E-state index contributed by atoms with van der Waals surface area (Å²) in [6.07, 6.45) is 2.11. The minimum Gasteiger partial charge on any atom is -0.350 e. The number of sulfonamides is 1. The second-order valence-electron chi connectivity index (χ2n) is 12.2. The third kappa shape index (κ3) is 9.76. The van der Waals surface area contributed by atoms with Crippen LogP contribution in [0.4, 0.5) is 5.69 Å². The number of nitrogens with one attached hydrogen (secondary N) is 1. The van der Waals surface area contributed by atoms with Crippen LogP contribution >= 0.6 is 35.0 Å². The second-order valence-corrected chi connectivity index (χ2v) is 15.8. The van der Waals surface area contributed by atoms with E-state index in [4.69, 9.17) is 23.2 Å². The van der Waals surface area contributed by atoms with Crippen molar-refractivity contribution in [3.8, 4) is 0 Å². The number of carbonyl (C=O) groups excluding carboxylic acids is 2. The van der Waals surface area contributed by atoms with E-state index in [1.807, 2.05) is 64.3 Å². The molecule has 0 aliphatic carbocycles. The van der Waals surface area contributed by atoms with Crippen LogP contribution in [0.1, 0.15) is 37.5 Å². The molecule has 0 saturated carbocycles. The lowest BCUT2D eigenvalue weighted by Gasteiger charge is -2.35. The van der Waals surface area contributed by atoms with Crippen molar-refractivity contribution < 1.29 is 18.0 Å². The van der Waals surface area contributed by atoms with E-state index < -0.39 is 34.1 Å². The predicted octanol–water partition coefficient (Wildman–Crippen LogP) is 7.77. The third-order valence-corrected chi connectivity index (χ3v) is 10.6. The van der Waals surface area contributed by atoms with E-state index in [1.165, 1.54) is 28.8 Å². The Hall–Kier alpha value is -3.50. The Morgan fingerprint density at radius 2 is 1.49 bits per heavy atom. The predicted molar refractivity (Wildman–Crippen MR) is 193 cm³/mol. The number of thioether (sulfide) groups is 1. The molecule has 0 aromatic heterocycles. The molecule has 4 rings (SSSR count). The number of aryl methyl sites for hydroxylation is 1. The topological polar surface area (TPSA) is 86.8 Å². The van der Waals surface area contributed by atoms with Gasteiger partial charge in [-0.1, -0.05) is 77.3 Å². The summed E-state index contributed by atoms with van der Waals surface area (Å²) in [4.78, 5) is 31.0. The first kappa shape index (κ1) is 36.3. The number of hydrogen-bond acceptors (Lipinski definition) is 5. The van der Waals surface area contributed by atoms with Crippen molar-refractivity contribution in [3.63, 3.8) is 0 Å². The molecule has 1 atom stereocenters. The average molecular weight is 713 g/mol. The van der Waals surface area contributed by atoms with Crippen LogP contribution in [0.5, 0.6) is 0 Å². The van der Waals surface area contributed by atoms with Gasteiger partial charge >= 0.3 is 0 Å². The van der Waals surface area contributed by atoms with Gasteiger partial charge in [-0.05, 0) is 93.6 Å². The highest BCUT2D eigenvalue weighted by Gasteiger charge is 2.35. The lowest BCUT2D eigenvalue weighted by Crippen LogP contribution is -2.56. The van der Waals surface area contributed by atoms with Crippen molar-refractivity contribution in [2.45, 2.75) is 62.0 Å². The first-order valence-corrected chi connectivity index (χ1v) is 18.4. The molecule has 7 nitrogen and oxygen atoms in total. The van der Waals surface area contributed by atoms with Gasteiger partial charge in [-0.15, -0.1) is 11.8 Å². The Kier molecular flexibility index (Phi) is 12.1. The van der Waals surface area contributed by atoms with Crippen molar-refractivity contribution in [3.05, 3.63) is 124 Å². The lowest BCUT2D eigenvalue weighted by atomic mass is 10.0. The van der Waals surface area contributed by atoms with Crippen LogP contribution in [0.3, 0.4) is 0 Å². The largest absolute Gasteiger partial charge is 0.350 e. The number of nitrogens with zero attached hydrogens (tertiary/aromatic N) is 2. The Balaban J connectivity index is 1.83. The fourth-order valence-corrected chi connectivity index (χ4v) is 7.10. The minimum atomic E-state index is -4.20. The average Bonchev–Trinajstić information content (AvgIpc) is 3.03. The molecular formula is C36H39Cl2N3O4S2. The molecule has 11 heteroatoms. The van der Waals surface area contributed by atoms with Gasteiger partial charge in [-0.2, -0.15) is 0 Å². The van der Waals surface area contributed by atoms with Crippen LogP contribution in [-0.4, -0.2) is 49.5 Å². The van der Waals surface area contributed by atoms with Gasteiger partial charge in [0.15, 0.2) is 0 Å². The molecule has 248 valence electrons. The molecule has 0 aliphatic rings. The van der Waals surface area contributed by atoms with Crippen molar-refractivity contribution in [2.75, 3.05) is 17.1 Å². The summed E-state index contributed by atoms with van der Waals surface area (Å²) in [6.45, 7) is 6.92. The van der Waals surface area contributed by atoms with Crippen LogP contribution < -0.4 is 9.62 Å². The SMILES string of the molecule is CSc1ccc(S(=O)(=O)N(CC(=O)N(Cc2ccc(Cl)c(Cl)c2)[C@H](Cc2ccccc2)C(=O)NC(C)(C)C)c2ccc(C)cc2)cc1. The molecule has 0 bridgehead atoms. The van der Waals surface area contributed by atoms with Gasteiger partial charge in [0.05, 0.1) is 20.6 Å². The van der Waals surface area contributed by atoms with Crippen LogP contribution in [-0.2, 0) is 32.6 Å². The van der Waals surface area contributed by atoms with E-state index >= 15 is 0 Å². The van der Waals surface area contributed by atoms with Gasteiger partial charge in [-0.3, -0.25) is 13.9 Å². The third-order valence-electron chi connectivity index (χ3n) is 7.35. The van der Waals surface area contributed by atoms with E-state index in [0.717, 1.165) is 20.3 Å². The summed E-state index contributed by atoms with van der Waals surface area (Å²) < 4.78 is 29.6. The quantitative estimate of drug-likeness (QED) is 0.152. The van der Waals surface area contributed by atoms with E-state index in [0.29, 0.717) is 21.3 Å². The lowest BCUT2D eigenvalue weighted by molar-refractivity contribution is -0.140. The van der Waals surface area contributed by atoms with E-state index in [1.54, 1.807) is 54.6 Å². The molecular weight excluding hydrogens is 673 g/mol. The van der Waals surface area contributed by atoms with Gasteiger partial charge in [0.1, 0.15) is 12.6 Å².